The number of amides is 1. The van der Waals surface area contributed by atoms with Gasteiger partial charge in [0.15, 0.2) is 0 Å². The van der Waals surface area contributed by atoms with Crippen LogP contribution in [0.4, 0.5) is 11.4 Å². The molecule has 5 rings (SSSR count). The minimum absolute atomic E-state index is 0.0533. The summed E-state index contributed by atoms with van der Waals surface area (Å²) in [5.41, 5.74) is 4.07. The molecule has 0 spiro atoms. The van der Waals surface area contributed by atoms with Crippen molar-refractivity contribution in [1.29, 1.82) is 0 Å². The van der Waals surface area contributed by atoms with Crippen molar-refractivity contribution in [2.45, 2.75) is 6.17 Å². The van der Waals surface area contributed by atoms with Gasteiger partial charge in [0.2, 0.25) is 0 Å². The van der Waals surface area contributed by atoms with Crippen LogP contribution in [0.15, 0.2) is 85.1 Å². The summed E-state index contributed by atoms with van der Waals surface area (Å²) in [5, 5.41) is 4.58. The molecule has 0 saturated carbocycles. The van der Waals surface area contributed by atoms with Crippen LogP contribution >= 0.6 is 0 Å². The number of ether oxygens (including phenoxy) is 1. The lowest BCUT2D eigenvalue weighted by atomic mass is 10.0. The van der Waals surface area contributed by atoms with Crippen molar-refractivity contribution < 1.29 is 9.53 Å². The average molecular weight is 381 g/mol. The Morgan fingerprint density at radius 2 is 1.72 bits per heavy atom. The van der Waals surface area contributed by atoms with Crippen LogP contribution in [0.25, 0.3) is 10.9 Å². The Morgan fingerprint density at radius 3 is 2.55 bits per heavy atom. The Bertz CT molecular complexity index is 1200. The average Bonchev–Trinajstić information content (AvgIpc) is 2.79. The molecule has 0 aliphatic carbocycles. The maximum absolute atomic E-state index is 13.5. The van der Waals surface area contributed by atoms with E-state index in [-0.39, 0.29) is 12.1 Å². The van der Waals surface area contributed by atoms with Crippen LogP contribution in [0.2, 0.25) is 0 Å². The molecule has 1 aromatic heterocycles. The quantitative estimate of drug-likeness (QED) is 0.542. The SMILES string of the molecule is COc1ccc(N2C(=O)c3ccccc3NC2c2cccc3cccnc23)cc1. The number of para-hydroxylation sites is 2. The van der Waals surface area contributed by atoms with E-state index in [4.69, 9.17) is 4.74 Å². The second-order valence-corrected chi connectivity index (χ2v) is 6.89. The minimum atomic E-state index is -0.385. The highest BCUT2D eigenvalue weighted by atomic mass is 16.5. The number of nitrogens with one attached hydrogen (secondary N) is 1. The normalized spacial score (nSPS) is 15.7. The van der Waals surface area contributed by atoms with Gasteiger partial charge in [0, 0.05) is 28.5 Å². The van der Waals surface area contributed by atoms with Gasteiger partial charge >= 0.3 is 0 Å². The number of methoxy groups -OCH3 is 1. The first-order valence-electron chi connectivity index (χ1n) is 9.43. The Balaban J connectivity index is 1.71. The molecule has 1 amide bonds. The molecule has 0 fully saturated rings. The van der Waals surface area contributed by atoms with Gasteiger partial charge in [-0.15, -0.1) is 0 Å². The van der Waals surface area contributed by atoms with E-state index in [2.05, 4.69) is 10.3 Å². The van der Waals surface area contributed by atoms with Crippen molar-refractivity contribution >= 4 is 28.2 Å². The van der Waals surface area contributed by atoms with Gasteiger partial charge in [0.25, 0.3) is 5.91 Å². The zero-order valence-electron chi connectivity index (χ0n) is 15.9. The molecular formula is C24H19N3O2. The van der Waals surface area contributed by atoms with Crippen LogP contribution < -0.4 is 15.0 Å². The minimum Gasteiger partial charge on any atom is -0.497 e. The number of nitrogens with zero attached hydrogens (tertiary/aromatic N) is 2. The summed E-state index contributed by atoms with van der Waals surface area (Å²) in [6, 6.07) is 25.1. The number of fused-ring (bicyclic) bond motifs is 2. The molecular weight excluding hydrogens is 362 g/mol. The van der Waals surface area contributed by atoms with Crippen molar-refractivity contribution in [3.05, 3.63) is 96.2 Å². The summed E-state index contributed by atoms with van der Waals surface area (Å²) in [4.78, 5) is 19.9. The highest BCUT2D eigenvalue weighted by Crippen LogP contribution is 2.38. The molecule has 1 unspecified atom stereocenters. The Morgan fingerprint density at radius 1 is 0.931 bits per heavy atom. The third-order valence-corrected chi connectivity index (χ3v) is 5.24. The molecule has 0 bridgehead atoms. The number of carbonyl (C=O) groups excluding carboxylic acids is 1. The smallest absolute Gasteiger partial charge is 0.262 e. The van der Waals surface area contributed by atoms with Crippen LogP contribution in [-0.4, -0.2) is 18.0 Å². The second-order valence-electron chi connectivity index (χ2n) is 6.89. The van der Waals surface area contributed by atoms with Gasteiger partial charge in [-0.05, 0) is 42.5 Å². The lowest BCUT2D eigenvalue weighted by Gasteiger charge is -2.38. The lowest BCUT2D eigenvalue weighted by Crippen LogP contribution is -2.43. The van der Waals surface area contributed by atoms with E-state index in [1.54, 1.807) is 18.2 Å². The fourth-order valence-electron chi connectivity index (χ4n) is 3.83. The molecule has 5 heteroatoms. The fraction of sp³-hybridized carbons (Fsp3) is 0.0833. The van der Waals surface area contributed by atoms with Gasteiger partial charge in [-0.1, -0.05) is 36.4 Å². The Hall–Kier alpha value is -3.86. The van der Waals surface area contributed by atoms with Crippen LogP contribution in [0.1, 0.15) is 22.1 Å². The summed E-state index contributed by atoms with van der Waals surface area (Å²) in [5.74, 6) is 0.692. The van der Waals surface area contributed by atoms with Crippen molar-refractivity contribution in [1.82, 2.24) is 4.98 Å². The molecule has 1 aliphatic heterocycles. The third kappa shape index (κ3) is 2.88. The number of carbonyl (C=O) groups is 1. The van der Waals surface area contributed by atoms with Crippen molar-refractivity contribution in [2.75, 3.05) is 17.3 Å². The van der Waals surface area contributed by atoms with Gasteiger partial charge in [0.05, 0.1) is 18.2 Å². The Labute approximate surface area is 168 Å². The van der Waals surface area contributed by atoms with Gasteiger partial charge in [-0.25, -0.2) is 0 Å². The van der Waals surface area contributed by atoms with Crippen LogP contribution in [0.3, 0.4) is 0 Å². The first-order chi connectivity index (χ1) is 14.3. The van der Waals surface area contributed by atoms with E-state index < -0.39 is 0 Å². The number of aromatic nitrogens is 1. The molecule has 142 valence electrons. The number of pyridine rings is 1. The van der Waals surface area contributed by atoms with E-state index in [9.17, 15) is 4.79 Å². The maximum atomic E-state index is 13.5. The summed E-state index contributed by atoms with van der Waals surface area (Å²) in [7, 11) is 1.63. The predicted octanol–water partition coefficient (Wildman–Crippen LogP) is 5.01. The van der Waals surface area contributed by atoms with Crippen molar-refractivity contribution in [3.63, 3.8) is 0 Å². The van der Waals surface area contributed by atoms with Gasteiger partial charge < -0.3 is 10.1 Å². The lowest BCUT2D eigenvalue weighted by molar-refractivity contribution is 0.0975. The first-order valence-corrected chi connectivity index (χ1v) is 9.43. The molecule has 0 radical (unpaired) electrons. The molecule has 29 heavy (non-hydrogen) atoms. The number of hydrogen-bond acceptors (Lipinski definition) is 4. The summed E-state index contributed by atoms with van der Waals surface area (Å²) in [6.07, 6.45) is 1.40. The van der Waals surface area contributed by atoms with Gasteiger partial charge in [0.1, 0.15) is 11.9 Å². The van der Waals surface area contributed by atoms with E-state index in [0.29, 0.717) is 5.56 Å². The van der Waals surface area contributed by atoms with Gasteiger partial charge in [-0.2, -0.15) is 0 Å². The summed E-state index contributed by atoms with van der Waals surface area (Å²) < 4.78 is 5.28. The number of rotatable bonds is 3. The van der Waals surface area contributed by atoms with Crippen LogP contribution in [-0.2, 0) is 0 Å². The van der Waals surface area contributed by atoms with E-state index in [1.807, 2.05) is 78.9 Å². The molecule has 4 aromatic rings. The Kier molecular flexibility index (Phi) is 4.13. The maximum Gasteiger partial charge on any atom is 0.262 e. The van der Waals surface area contributed by atoms with Crippen LogP contribution in [0, 0.1) is 0 Å². The van der Waals surface area contributed by atoms with Crippen molar-refractivity contribution in [3.8, 4) is 5.75 Å². The highest BCUT2D eigenvalue weighted by Gasteiger charge is 2.35. The topological polar surface area (TPSA) is 54.5 Å². The number of hydrogen-bond donors (Lipinski definition) is 1. The first kappa shape index (κ1) is 17.3. The third-order valence-electron chi connectivity index (χ3n) is 5.24. The summed E-state index contributed by atoms with van der Waals surface area (Å²) in [6.45, 7) is 0. The van der Waals surface area contributed by atoms with E-state index in [0.717, 1.165) is 33.6 Å². The molecule has 5 nitrogen and oxygen atoms in total. The molecule has 2 heterocycles. The van der Waals surface area contributed by atoms with Crippen LogP contribution in [0.5, 0.6) is 5.75 Å². The zero-order valence-corrected chi connectivity index (χ0v) is 15.9. The summed E-state index contributed by atoms with van der Waals surface area (Å²) >= 11 is 0. The van der Waals surface area contributed by atoms with E-state index >= 15 is 0 Å². The fourth-order valence-corrected chi connectivity index (χ4v) is 3.83. The second kappa shape index (κ2) is 6.95. The number of benzene rings is 3. The van der Waals surface area contributed by atoms with Gasteiger partial charge in [-0.3, -0.25) is 14.7 Å². The predicted molar refractivity (Wildman–Crippen MR) is 114 cm³/mol. The molecule has 3 aromatic carbocycles. The monoisotopic (exact) mass is 381 g/mol. The molecule has 1 aliphatic rings. The molecule has 1 atom stereocenters. The number of anilines is 2. The van der Waals surface area contributed by atoms with Crippen molar-refractivity contribution in [2.24, 2.45) is 0 Å². The largest absolute Gasteiger partial charge is 0.497 e. The zero-order chi connectivity index (χ0) is 19.8. The highest BCUT2D eigenvalue weighted by molar-refractivity contribution is 6.12. The standard InChI is InChI=1S/C24H19N3O2/c1-29-18-13-11-17(12-14-18)27-23(26-21-10-3-2-8-19(21)24(27)28)20-9-4-6-16-7-5-15-25-22(16)20/h2-15,23,26H,1H3. The van der Waals surface area contributed by atoms with E-state index in [1.165, 1.54) is 0 Å². The molecule has 0 saturated heterocycles. The molecule has 1 N–H and O–H groups in total.